The van der Waals surface area contributed by atoms with Crippen LogP contribution in [0.3, 0.4) is 0 Å². The first-order chi connectivity index (χ1) is 12.0. The van der Waals surface area contributed by atoms with Gasteiger partial charge in [-0.1, -0.05) is 0 Å². The zero-order chi connectivity index (χ0) is 17.8. The van der Waals surface area contributed by atoms with E-state index in [9.17, 15) is 13.2 Å². The van der Waals surface area contributed by atoms with Crippen LogP contribution in [-0.2, 0) is 11.3 Å². The third-order valence-corrected chi connectivity index (χ3v) is 4.29. The molecule has 0 spiro atoms. The van der Waals surface area contributed by atoms with Crippen LogP contribution < -0.4 is 5.32 Å². The Balaban J connectivity index is 1.66. The molecular weight excluding hydrogens is 333 g/mol. The number of hydrogen-bond acceptors (Lipinski definition) is 4. The summed E-state index contributed by atoms with van der Waals surface area (Å²) in [4.78, 5) is 2.25. The largest absolute Gasteiger partial charge is 0.465 e. The fraction of sp³-hybridized carbons (Fsp3) is 0.444. The van der Waals surface area contributed by atoms with Crippen molar-refractivity contribution in [3.8, 4) is 0 Å². The van der Waals surface area contributed by atoms with Crippen LogP contribution in [0.1, 0.15) is 23.1 Å². The van der Waals surface area contributed by atoms with Gasteiger partial charge in [-0.2, -0.15) is 0 Å². The van der Waals surface area contributed by atoms with E-state index in [0.717, 1.165) is 36.7 Å². The van der Waals surface area contributed by atoms with E-state index in [4.69, 9.17) is 9.15 Å². The van der Waals surface area contributed by atoms with E-state index in [2.05, 4.69) is 10.2 Å². The molecule has 0 amide bonds. The zero-order valence-corrected chi connectivity index (χ0v) is 14.0. The van der Waals surface area contributed by atoms with E-state index in [1.165, 1.54) is 0 Å². The van der Waals surface area contributed by atoms with Gasteiger partial charge < -0.3 is 14.5 Å². The van der Waals surface area contributed by atoms with Gasteiger partial charge in [0, 0.05) is 26.2 Å². The second kappa shape index (κ2) is 8.03. The summed E-state index contributed by atoms with van der Waals surface area (Å²) in [6.45, 7) is 5.53. The molecule has 0 aliphatic carbocycles. The summed E-state index contributed by atoms with van der Waals surface area (Å²) in [5, 5.41) is 3.18. The van der Waals surface area contributed by atoms with Crippen molar-refractivity contribution in [2.24, 2.45) is 0 Å². The van der Waals surface area contributed by atoms with Gasteiger partial charge in [0.2, 0.25) is 0 Å². The van der Waals surface area contributed by atoms with E-state index in [0.29, 0.717) is 25.3 Å². The van der Waals surface area contributed by atoms with Crippen molar-refractivity contribution in [1.29, 1.82) is 0 Å². The molecule has 1 unspecified atom stereocenters. The normalized spacial score (nSPS) is 17.0. The molecule has 1 aromatic carbocycles. The van der Waals surface area contributed by atoms with Crippen molar-refractivity contribution >= 4 is 0 Å². The smallest absolute Gasteiger partial charge is 0.194 e. The molecule has 1 aliphatic rings. The Morgan fingerprint density at radius 2 is 1.80 bits per heavy atom. The van der Waals surface area contributed by atoms with Gasteiger partial charge in [0.25, 0.3) is 0 Å². The number of halogens is 3. The quantitative estimate of drug-likeness (QED) is 0.809. The molecule has 2 aromatic rings. The highest BCUT2D eigenvalue weighted by Crippen LogP contribution is 2.23. The van der Waals surface area contributed by atoms with E-state index in [1.54, 1.807) is 0 Å². The highest BCUT2D eigenvalue weighted by Gasteiger charge is 2.25. The third kappa shape index (κ3) is 4.42. The van der Waals surface area contributed by atoms with Gasteiger partial charge in [-0.25, -0.2) is 13.2 Å². The number of aryl methyl sites for hydroxylation is 1. The van der Waals surface area contributed by atoms with Crippen molar-refractivity contribution in [2.45, 2.75) is 19.5 Å². The molecule has 7 heteroatoms. The van der Waals surface area contributed by atoms with Gasteiger partial charge in [-0.3, -0.25) is 4.90 Å². The number of furan rings is 1. The summed E-state index contributed by atoms with van der Waals surface area (Å²) in [6.07, 6.45) is 0. The van der Waals surface area contributed by atoms with E-state index in [1.807, 2.05) is 19.1 Å². The summed E-state index contributed by atoms with van der Waals surface area (Å²) in [5.74, 6) is -2.13. The molecule has 0 bridgehead atoms. The summed E-state index contributed by atoms with van der Waals surface area (Å²) >= 11 is 0. The highest BCUT2D eigenvalue weighted by molar-refractivity contribution is 5.19. The maximum Gasteiger partial charge on any atom is 0.194 e. The Kier molecular flexibility index (Phi) is 5.78. The number of rotatable bonds is 6. The monoisotopic (exact) mass is 354 g/mol. The Morgan fingerprint density at radius 1 is 1.12 bits per heavy atom. The maximum absolute atomic E-state index is 13.3. The summed E-state index contributed by atoms with van der Waals surface area (Å²) in [5.41, 5.74) is 0.354. The molecule has 1 saturated heterocycles. The number of ether oxygens (including phenoxy) is 1. The van der Waals surface area contributed by atoms with Gasteiger partial charge in [0.1, 0.15) is 11.5 Å². The molecule has 136 valence electrons. The molecule has 4 nitrogen and oxygen atoms in total. The first kappa shape index (κ1) is 18.0. The van der Waals surface area contributed by atoms with Crippen LogP contribution in [0.4, 0.5) is 13.2 Å². The fourth-order valence-electron chi connectivity index (χ4n) is 2.99. The number of nitrogens with zero attached hydrogens (tertiary/aromatic N) is 1. The second-order valence-electron chi connectivity index (χ2n) is 6.12. The highest BCUT2D eigenvalue weighted by atomic mass is 19.2. The topological polar surface area (TPSA) is 37.6 Å². The van der Waals surface area contributed by atoms with Crippen LogP contribution in [0.5, 0.6) is 0 Å². The number of morpholine rings is 1. The van der Waals surface area contributed by atoms with Crippen LogP contribution in [0, 0.1) is 24.4 Å². The van der Waals surface area contributed by atoms with Crippen molar-refractivity contribution in [3.63, 3.8) is 0 Å². The molecular formula is C18H21F3N2O2. The Bertz CT molecular complexity index is 691. The van der Waals surface area contributed by atoms with E-state index in [-0.39, 0.29) is 12.6 Å². The lowest BCUT2D eigenvalue weighted by molar-refractivity contribution is 0.0115. The average Bonchev–Trinajstić information content (AvgIpc) is 3.03. The first-order valence-corrected chi connectivity index (χ1v) is 8.27. The van der Waals surface area contributed by atoms with Gasteiger partial charge >= 0.3 is 0 Å². The molecule has 3 rings (SSSR count). The molecule has 1 N–H and O–H groups in total. The van der Waals surface area contributed by atoms with Crippen molar-refractivity contribution in [1.82, 2.24) is 10.2 Å². The average molecular weight is 354 g/mol. The van der Waals surface area contributed by atoms with Gasteiger partial charge in [0.15, 0.2) is 17.5 Å². The maximum atomic E-state index is 13.3. The summed E-state index contributed by atoms with van der Waals surface area (Å²) in [7, 11) is 0. The lowest BCUT2D eigenvalue weighted by atomic mass is 10.1. The Labute approximate surface area is 144 Å². The van der Waals surface area contributed by atoms with Gasteiger partial charge in [-0.05, 0) is 36.8 Å². The van der Waals surface area contributed by atoms with Gasteiger partial charge in [-0.15, -0.1) is 0 Å². The molecule has 1 aliphatic heterocycles. The second-order valence-corrected chi connectivity index (χ2v) is 6.12. The molecule has 25 heavy (non-hydrogen) atoms. The van der Waals surface area contributed by atoms with Crippen LogP contribution in [0.2, 0.25) is 0 Å². The third-order valence-electron chi connectivity index (χ3n) is 4.29. The molecule has 1 atom stereocenters. The van der Waals surface area contributed by atoms with Crippen LogP contribution in [-0.4, -0.2) is 37.7 Å². The zero-order valence-electron chi connectivity index (χ0n) is 14.0. The minimum absolute atomic E-state index is 0.00672. The molecule has 1 fully saturated rings. The predicted octanol–water partition coefficient (Wildman–Crippen LogP) is 3.17. The van der Waals surface area contributed by atoms with Crippen molar-refractivity contribution in [3.05, 3.63) is 58.8 Å². The van der Waals surface area contributed by atoms with Gasteiger partial charge in [0.05, 0.1) is 19.3 Å². The molecule has 0 saturated carbocycles. The van der Waals surface area contributed by atoms with E-state index >= 15 is 0 Å². The summed E-state index contributed by atoms with van der Waals surface area (Å²) in [6, 6.07) is 5.85. The Morgan fingerprint density at radius 3 is 2.40 bits per heavy atom. The molecule has 0 radical (unpaired) electrons. The Hall–Kier alpha value is -1.83. The SMILES string of the molecule is Cc1ccc(C(CNCc2cc(F)c(F)c(F)c2)N2CCOCC2)o1. The fourth-order valence-corrected chi connectivity index (χ4v) is 2.99. The lowest BCUT2D eigenvalue weighted by Crippen LogP contribution is -2.42. The lowest BCUT2D eigenvalue weighted by Gasteiger charge is -2.33. The minimum atomic E-state index is -1.44. The number of benzene rings is 1. The van der Waals surface area contributed by atoms with Crippen LogP contribution in [0.15, 0.2) is 28.7 Å². The number of nitrogens with one attached hydrogen (secondary N) is 1. The minimum Gasteiger partial charge on any atom is -0.465 e. The predicted molar refractivity (Wildman–Crippen MR) is 86.6 cm³/mol. The number of hydrogen-bond donors (Lipinski definition) is 1. The first-order valence-electron chi connectivity index (χ1n) is 8.27. The summed E-state index contributed by atoms with van der Waals surface area (Å²) < 4.78 is 50.8. The van der Waals surface area contributed by atoms with Crippen LogP contribution >= 0.6 is 0 Å². The standard InChI is InChI=1S/C18H21F3N2O2/c1-12-2-3-17(25-12)16(23-4-6-24-7-5-23)11-22-10-13-8-14(19)18(21)15(20)9-13/h2-3,8-9,16,22H,4-7,10-11H2,1H3. The van der Waals surface area contributed by atoms with E-state index < -0.39 is 17.5 Å². The van der Waals surface area contributed by atoms with Crippen molar-refractivity contribution < 1.29 is 22.3 Å². The van der Waals surface area contributed by atoms with Crippen LogP contribution in [0.25, 0.3) is 0 Å². The molecule has 1 aromatic heterocycles. The van der Waals surface area contributed by atoms with Crippen molar-refractivity contribution in [2.75, 3.05) is 32.8 Å². The molecule has 2 heterocycles.